The second kappa shape index (κ2) is 4.09. The molecular weight excluding hydrogens is 193 g/mol. The molecule has 0 saturated heterocycles. The summed E-state index contributed by atoms with van der Waals surface area (Å²) < 4.78 is 18.6. The quantitative estimate of drug-likeness (QED) is 0.748. The zero-order valence-electron chi connectivity index (χ0n) is 8.27. The van der Waals surface area contributed by atoms with Gasteiger partial charge in [-0.1, -0.05) is 30.3 Å². The van der Waals surface area contributed by atoms with Crippen LogP contribution in [0.1, 0.15) is 0 Å². The number of hydrogen-bond acceptors (Lipinski definition) is 2. The van der Waals surface area contributed by atoms with Crippen molar-refractivity contribution in [1.29, 1.82) is 0 Å². The lowest BCUT2D eigenvalue weighted by atomic mass is 10.1. The van der Waals surface area contributed by atoms with Gasteiger partial charge >= 0.3 is 0 Å². The zero-order valence-corrected chi connectivity index (χ0v) is 8.27. The molecule has 1 aromatic carbocycles. The summed E-state index contributed by atoms with van der Waals surface area (Å²) in [6, 6.07) is 10.9. The Labute approximate surface area is 87.4 Å². The molecule has 0 fully saturated rings. The summed E-state index contributed by atoms with van der Waals surface area (Å²) >= 11 is 0. The number of pyridine rings is 1. The Morgan fingerprint density at radius 1 is 1.13 bits per heavy atom. The summed E-state index contributed by atoms with van der Waals surface area (Å²) in [5.74, 6) is -0.400. The smallest absolute Gasteiger partial charge is 0.250 e. The summed E-state index contributed by atoms with van der Waals surface area (Å²) in [7, 11) is 1.40. The molecule has 0 amide bonds. The summed E-state index contributed by atoms with van der Waals surface area (Å²) in [6.07, 6.45) is 1.53. The van der Waals surface area contributed by atoms with Gasteiger partial charge in [0, 0.05) is 11.8 Å². The Balaban J connectivity index is 2.54. The lowest BCUT2D eigenvalue weighted by molar-refractivity contribution is 0.370. The van der Waals surface area contributed by atoms with Gasteiger partial charge in [-0.05, 0) is 11.6 Å². The van der Waals surface area contributed by atoms with Gasteiger partial charge in [-0.2, -0.15) is 0 Å². The molecule has 2 nitrogen and oxygen atoms in total. The van der Waals surface area contributed by atoms with E-state index < -0.39 is 5.82 Å². The molecule has 0 N–H and O–H groups in total. The molecule has 3 heteroatoms. The Bertz CT molecular complexity index is 456. The first-order valence-corrected chi connectivity index (χ1v) is 4.57. The molecule has 15 heavy (non-hydrogen) atoms. The SMILES string of the molecule is COc1nccc(-c2ccccc2)c1F. The number of benzene rings is 1. The number of methoxy groups -OCH3 is 1. The van der Waals surface area contributed by atoms with Crippen molar-refractivity contribution in [2.24, 2.45) is 0 Å². The predicted molar refractivity (Wildman–Crippen MR) is 56.2 cm³/mol. The van der Waals surface area contributed by atoms with Crippen molar-refractivity contribution in [3.63, 3.8) is 0 Å². The van der Waals surface area contributed by atoms with Gasteiger partial charge < -0.3 is 4.74 Å². The number of ether oxygens (including phenoxy) is 1. The predicted octanol–water partition coefficient (Wildman–Crippen LogP) is 2.90. The third-order valence-electron chi connectivity index (χ3n) is 2.14. The molecule has 0 atom stereocenters. The van der Waals surface area contributed by atoms with Crippen LogP contribution in [0.25, 0.3) is 11.1 Å². The fourth-order valence-electron chi connectivity index (χ4n) is 1.41. The minimum atomic E-state index is -0.425. The van der Waals surface area contributed by atoms with Crippen LogP contribution < -0.4 is 4.74 Å². The first-order valence-electron chi connectivity index (χ1n) is 4.57. The van der Waals surface area contributed by atoms with Crippen LogP contribution in [0, 0.1) is 5.82 Å². The standard InChI is InChI=1S/C12H10FNO/c1-15-12-11(13)10(7-8-14-12)9-5-3-2-4-6-9/h2-8H,1H3. The molecule has 2 rings (SSSR count). The zero-order chi connectivity index (χ0) is 10.7. The number of nitrogens with zero attached hydrogens (tertiary/aromatic N) is 1. The maximum atomic E-state index is 13.8. The Morgan fingerprint density at radius 3 is 2.53 bits per heavy atom. The average molecular weight is 203 g/mol. The van der Waals surface area contributed by atoms with E-state index >= 15 is 0 Å². The fraction of sp³-hybridized carbons (Fsp3) is 0.0833. The number of aromatic nitrogens is 1. The Hall–Kier alpha value is -1.90. The molecule has 1 aromatic heterocycles. The molecule has 0 saturated carbocycles. The van der Waals surface area contributed by atoms with Crippen LogP contribution in [0.5, 0.6) is 5.88 Å². The molecule has 1 heterocycles. The molecular formula is C12H10FNO. The summed E-state index contributed by atoms with van der Waals surface area (Å²) in [6.45, 7) is 0. The normalized spacial score (nSPS) is 10.0. The first kappa shape index (κ1) is 9.65. The number of rotatable bonds is 2. The molecule has 0 aliphatic rings. The molecule has 0 spiro atoms. The van der Waals surface area contributed by atoms with Crippen LogP contribution in [-0.4, -0.2) is 12.1 Å². The lowest BCUT2D eigenvalue weighted by Gasteiger charge is -2.05. The van der Waals surface area contributed by atoms with Crippen molar-refractivity contribution >= 4 is 0 Å². The van der Waals surface area contributed by atoms with Gasteiger partial charge in [-0.3, -0.25) is 0 Å². The van der Waals surface area contributed by atoms with Gasteiger partial charge in [0.25, 0.3) is 5.88 Å². The highest BCUT2D eigenvalue weighted by molar-refractivity contribution is 5.64. The van der Waals surface area contributed by atoms with E-state index in [1.54, 1.807) is 6.07 Å². The molecule has 0 unspecified atom stereocenters. The van der Waals surface area contributed by atoms with Gasteiger partial charge in [0.05, 0.1) is 7.11 Å². The second-order valence-corrected chi connectivity index (χ2v) is 3.05. The van der Waals surface area contributed by atoms with Crippen molar-refractivity contribution in [3.8, 4) is 17.0 Å². The highest BCUT2D eigenvalue weighted by Gasteiger charge is 2.10. The van der Waals surface area contributed by atoms with Crippen molar-refractivity contribution in [3.05, 3.63) is 48.4 Å². The number of halogens is 1. The van der Waals surface area contributed by atoms with E-state index in [4.69, 9.17) is 4.74 Å². The minimum Gasteiger partial charge on any atom is -0.479 e. The van der Waals surface area contributed by atoms with Crippen molar-refractivity contribution in [2.75, 3.05) is 7.11 Å². The lowest BCUT2D eigenvalue weighted by Crippen LogP contribution is -1.94. The van der Waals surface area contributed by atoms with E-state index in [0.29, 0.717) is 5.56 Å². The molecule has 0 aliphatic heterocycles. The number of hydrogen-bond donors (Lipinski definition) is 0. The average Bonchev–Trinajstić information content (AvgIpc) is 2.30. The summed E-state index contributed by atoms with van der Waals surface area (Å²) in [4.78, 5) is 3.79. The largest absolute Gasteiger partial charge is 0.479 e. The van der Waals surface area contributed by atoms with Crippen molar-refractivity contribution in [1.82, 2.24) is 4.98 Å². The van der Waals surface area contributed by atoms with Crippen molar-refractivity contribution < 1.29 is 9.13 Å². The maximum absolute atomic E-state index is 13.8. The molecule has 0 radical (unpaired) electrons. The van der Waals surface area contributed by atoms with E-state index in [9.17, 15) is 4.39 Å². The van der Waals surface area contributed by atoms with Gasteiger partial charge in [0.1, 0.15) is 0 Å². The van der Waals surface area contributed by atoms with Crippen LogP contribution in [-0.2, 0) is 0 Å². The Morgan fingerprint density at radius 2 is 1.87 bits per heavy atom. The van der Waals surface area contributed by atoms with Crippen LogP contribution in [0.4, 0.5) is 4.39 Å². The van der Waals surface area contributed by atoms with E-state index in [2.05, 4.69) is 4.98 Å². The topological polar surface area (TPSA) is 22.1 Å². The van der Waals surface area contributed by atoms with Gasteiger partial charge in [0.15, 0.2) is 5.82 Å². The monoisotopic (exact) mass is 203 g/mol. The van der Waals surface area contributed by atoms with Gasteiger partial charge in [-0.25, -0.2) is 9.37 Å². The molecule has 0 bridgehead atoms. The van der Waals surface area contributed by atoms with E-state index in [1.807, 2.05) is 30.3 Å². The van der Waals surface area contributed by atoms with Gasteiger partial charge in [-0.15, -0.1) is 0 Å². The van der Waals surface area contributed by atoms with E-state index in [0.717, 1.165) is 5.56 Å². The highest BCUT2D eigenvalue weighted by atomic mass is 19.1. The highest BCUT2D eigenvalue weighted by Crippen LogP contribution is 2.26. The molecule has 76 valence electrons. The summed E-state index contributed by atoms with van der Waals surface area (Å²) in [5, 5.41) is 0. The second-order valence-electron chi connectivity index (χ2n) is 3.05. The third kappa shape index (κ3) is 1.81. The third-order valence-corrected chi connectivity index (χ3v) is 2.14. The molecule has 0 aliphatic carbocycles. The van der Waals surface area contributed by atoms with Crippen molar-refractivity contribution in [2.45, 2.75) is 0 Å². The molecule has 2 aromatic rings. The first-order chi connectivity index (χ1) is 7.33. The maximum Gasteiger partial charge on any atom is 0.250 e. The van der Waals surface area contributed by atoms with E-state index in [1.165, 1.54) is 13.3 Å². The summed E-state index contributed by atoms with van der Waals surface area (Å²) in [5.41, 5.74) is 1.32. The van der Waals surface area contributed by atoms with E-state index in [-0.39, 0.29) is 5.88 Å². The fourth-order valence-corrected chi connectivity index (χ4v) is 1.41. The minimum absolute atomic E-state index is 0.0244. The van der Waals surface area contributed by atoms with Crippen LogP contribution in [0.3, 0.4) is 0 Å². The van der Waals surface area contributed by atoms with Crippen LogP contribution in [0.15, 0.2) is 42.6 Å². The van der Waals surface area contributed by atoms with Crippen LogP contribution in [0.2, 0.25) is 0 Å². The van der Waals surface area contributed by atoms with Gasteiger partial charge in [0.2, 0.25) is 0 Å². The van der Waals surface area contributed by atoms with Crippen LogP contribution >= 0.6 is 0 Å². The Kier molecular flexibility index (Phi) is 2.63.